The molecule has 1 N–H and O–H groups in total. The summed E-state index contributed by atoms with van der Waals surface area (Å²) >= 11 is 0. The Hall–Kier alpha value is -0.980. The van der Waals surface area contributed by atoms with E-state index in [9.17, 15) is 0 Å². The van der Waals surface area contributed by atoms with Crippen molar-refractivity contribution >= 4 is 5.69 Å². The van der Waals surface area contributed by atoms with E-state index in [1.807, 2.05) is 0 Å². The summed E-state index contributed by atoms with van der Waals surface area (Å²) in [5.74, 6) is 3.05. The molecule has 3 atom stereocenters. The van der Waals surface area contributed by atoms with Crippen molar-refractivity contribution < 1.29 is 0 Å². The van der Waals surface area contributed by atoms with Crippen molar-refractivity contribution in [3.8, 4) is 0 Å². The summed E-state index contributed by atoms with van der Waals surface area (Å²) in [7, 11) is 0. The van der Waals surface area contributed by atoms with Crippen molar-refractivity contribution in [2.45, 2.75) is 25.7 Å². The van der Waals surface area contributed by atoms with Crippen LogP contribution in [0.2, 0.25) is 0 Å². The number of hydrogen-bond acceptors (Lipinski definition) is 1. The lowest BCUT2D eigenvalue weighted by Gasteiger charge is -2.22. The van der Waals surface area contributed by atoms with Crippen molar-refractivity contribution in [1.82, 2.24) is 0 Å². The standard InChI is InChI=1S/C14H19N/c1-2-4-14(5-3-1)15-10-13-9-11-6-7-12(13)8-11/h1-5,11-13,15H,6-10H2. The Bertz CT molecular complexity index is 319. The van der Waals surface area contributed by atoms with Gasteiger partial charge in [-0.2, -0.15) is 0 Å². The summed E-state index contributed by atoms with van der Waals surface area (Å²) < 4.78 is 0. The van der Waals surface area contributed by atoms with E-state index in [4.69, 9.17) is 0 Å². The number of rotatable bonds is 3. The van der Waals surface area contributed by atoms with Gasteiger partial charge in [0, 0.05) is 12.2 Å². The summed E-state index contributed by atoms with van der Waals surface area (Å²) in [6, 6.07) is 10.6. The molecule has 2 saturated carbocycles. The van der Waals surface area contributed by atoms with Crippen molar-refractivity contribution in [2.24, 2.45) is 17.8 Å². The summed E-state index contributed by atoms with van der Waals surface area (Å²) in [4.78, 5) is 0. The Morgan fingerprint density at radius 3 is 2.60 bits per heavy atom. The molecule has 0 amide bonds. The number of benzene rings is 1. The second kappa shape index (κ2) is 3.88. The molecule has 2 aliphatic rings. The molecule has 1 heteroatoms. The molecule has 15 heavy (non-hydrogen) atoms. The number of anilines is 1. The van der Waals surface area contributed by atoms with Crippen molar-refractivity contribution in [3.63, 3.8) is 0 Å². The van der Waals surface area contributed by atoms with E-state index in [1.54, 1.807) is 0 Å². The van der Waals surface area contributed by atoms with Gasteiger partial charge in [-0.25, -0.2) is 0 Å². The molecule has 3 unspecified atom stereocenters. The first-order valence-electron chi connectivity index (χ1n) is 6.21. The zero-order valence-corrected chi connectivity index (χ0v) is 9.15. The van der Waals surface area contributed by atoms with Gasteiger partial charge in [0.1, 0.15) is 0 Å². The van der Waals surface area contributed by atoms with Gasteiger partial charge in [-0.15, -0.1) is 0 Å². The van der Waals surface area contributed by atoms with Gasteiger partial charge in [-0.1, -0.05) is 24.6 Å². The van der Waals surface area contributed by atoms with Crippen LogP contribution in [0.5, 0.6) is 0 Å². The Labute approximate surface area is 91.9 Å². The molecule has 0 aliphatic heterocycles. The van der Waals surface area contributed by atoms with E-state index < -0.39 is 0 Å². The van der Waals surface area contributed by atoms with Crippen LogP contribution < -0.4 is 5.32 Å². The number of nitrogens with one attached hydrogen (secondary N) is 1. The van der Waals surface area contributed by atoms with Crippen LogP contribution in [0.15, 0.2) is 30.3 Å². The third-order valence-corrected chi connectivity index (χ3v) is 4.23. The molecule has 2 bridgehead atoms. The second-order valence-corrected chi connectivity index (χ2v) is 5.18. The average Bonchev–Trinajstić information content (AvgIpc) is 2.89. The third kappa shape index (κ3) is 1.88. The number of fused-ring (bicyclic) bond motifs is 2. The first-order valence-corrected chi connectivity index (χ1v) is 6.21. The number of hydrogen-bond donors (Lipinski definition) is 1. The topological polar surface area (TPSA) is 12.0 Å². The van der Waals surface area contributed by atoms with Gasteiger partial charge in [-0.05, 0) is 49.1 Å². The molecule has 1 aromatic rings. The minimum absolute atomic E-state index is 0.948. The van der Waals surface area contributed by atoms with Crippen molar-refractivity contribution in [3.05, 3.63) is 30.3 Å². The van der Waals surface area contributed by atoms with Gasteiger partial charge >= 0.3 is 0 Å². The molecule has 1 aromatic carbocycles. The van der Waals surface area contributed by atoms with E-state index >= 15 is 0 Å². The van der Waals surface area contributed by atoms with Crippen LogP contribution >= 0.6 is 0 Å². The molecule has 2 fully saturated rings. The maximum absolute atomic E-state index is 3.57. The zero-order chi connectivity index (χ0) is 10.1. The van der Waals surface area contributed by atoms with E-state index in [-0.39, 0.29) is 0 Å². The lowest BCUT2D eigenvalue weighted by Crippen LogP contribution is -2.19. The lowest BCUT2D eigenvalue weighted by molar-refractivity contribution is 0.348. The summed E-state index contributed by atoms with van der Waals surface area (Å²) in [5, 5.41) is 3.57. The quantitative estimate of drug-likeness (QED) is 0.788. The fourth-order valence-electron chi connectivity index (χ4n) is 3.43. The Morgan fingerprint density at radius 2 is 1.93 bits per heavy atom. The lowest BCUT2D eigenvalue weighted by atomic mass is 9.89. The highest BCUT2D eigenvalue weighted by atomic mass is 14.9. The van der Waals surface area contributed by atoms with Crippen molar-refractivity contribution in [1.29, 1.82) is 0 Å². The molecular weight excluding hydrogens is 182 g/mol. The molecule has 80 valence electrons. The van der Waals surface area contributed by atoms with Crippen LogP contribution in [0.3, 0.4) is 0 Å². The third-order valence-electron chi connectivity index (χ3n) is 4.23. The summed E-state index contributed by atoms with van der Waals surface area (Å²) in [5.41, 5.74) is 1.28. The zero-order valence-electron chi connectivity index (χ0n) is 9.15. The highest BCUT2D eigenvalue weighted by Crippen LogP contribution is 2.48. The van der Waals surface area contributed by atoms with Crippen LogP contribution in [-0.4, -0.2) is 6.54 Å². The highest BCUT2D eigenvalue weighted by molar-refractivity contribution is 5.42. The fraction of sp³-hybridized carbons (Fsp3) is 0.571. The Morgan fingerprint density at radius 1 is 1.07 bits per heavy atom. The second-order valence-electron chi connectivity index (χ2n) is 5.18. The van der Waals surface area contributed by atoms with Gasteiger partial charge in [-0.3, -0.25) is 0 Å². The maximum Gasteiger partial charge on any atom is 0.0340 e. The predicted molar refractivity (Wildman–Crippen MR) is 63.9 cm³/mol. The molecule has 1 nitrogen and oxygen atoms in total. The molecule has 0 aromatic heterocycles. The monoisotopic (exact) mass is 201 g/mol. The van der Waals surface area contributed by atoms with E-state index in [0.717, 1.165) is 17.8 Å². The highest BCUT2D eigenvalue weighted by Gasteiger charge is 2.38. The normalized spacial score (nSPS) is 33.2. The smallest absolute Gasteiger partial charge is 0.0340 e. The molecule has 0 radical (unpaired) electrons. The largest absolute Gasteiger partial charge is 0.385 e. The van der Waals surface area contributed by atoms with Gasteiger partial charge < -0.3 is 5.32 Å². The van der Waals surface area contributed by atoms with Crippen molar-refractivity contribution in [2.75, 3.05) is 11.9 Å². The maximum atomic E-state index is 3.57. The van der Waals surface area contributed by atoms with Crippen LogP contribution in [0.4, 0.5) is 5.69 Å². The van der Waals surface area contributed by atoms with Crippen LogP contribution in [-0.2, 0) is 0 Å². The molecule has 2 aliphatic carbocycles. The summed E-state index contributed by atoms with van der Waals surface area (Å²) in [6.07, 6.45) is 5.99. The number of para-hydroxylation sites is 1. The van der Waals surface area contributed by atoms with E-state index in [1.165, 1.54) is 37.9 Å². The summed E-state index contributed by atoms with van der Waals surface area (Å²) in [6.45, 7) is 1.19. The first-order chi connectivity index (χ1) is 7.42. The van der Waals surface area contributed by atoms with Crippen LogP contribution in [0.25, 0.3) is 0 Å². The average molecular weight is 201 g/mol. The van der Waals surface area contributed by atoms with Crippen LogP contribution in [0, 0.1) is 17.8 Å². The van der Waals surface area contributed by atoms with Gasteiger partial charge in [0.05, 0.1) is 0 Å². The predicted octanol–water partition coefficient (Wildman–Crippen LogP) is 3.53. The van der Waals surface area contributed by atoms with Crippen LogP contribution in [0.1, 0.15) is 25.7 Å². The minimum Gasteiger partial charge on any atom is -0.385 e. The molecule has 0 heterocycles. The van der Waals surface area contributed by atoms with E-state index in [0.29, 0.717) is 0 Å². The van der Waals surface area contributed by atoms with Gasteiger partial charge in [0.25, 0.3) is 0 Å². The fourth-order valence-corrected chi connectivity index (χ4v) is 3.43. The SMILES string of the molecule is c1ccc(NCC2CC3CCC2C3)cc1. The first kappa shape index (κ1) is 9.26. The van der Waals surface area contributed by atoms with Gasteiger partial charge in [0.2, 0.25) is 0 Å². The van der Waals surface area contributed by atoms with E-state index in [2.05, 4.69) is 35.6 Å². The molecule has 0 spiro atoms. The van der Waals surface area contributed by atoms with Gasteiger partial charge in [0.15, 0.2) is 0 Å². The Balaban J connectivity index is 1.55. The molecule has 0 saturated heterocycles. The molecular formula is C14H19N. The Kier molecular flexibility index (Phi) is 2.40. The minimum atomic E-state index is 0.948. The molecule has 3 rings (SSSR count).